The van der Waals surface area contributed by atoms with Gasteiger partial charge in [0.25, 0.3) is 5.91 Å². The van der Waals surface area contributed by atoms with Crippen molar-refractivity contribution >= 4 is 17.6 Å². The van der Waals surface area contributed by atoms with Crippen molar-refractivity contribution in [2.75, 3.05) is 18.1 Å². The molecule has 0 aliphatic rings. The third kappa shape index (κ3) is 3.85. The molecule has 1 N–H and O–H groups in total. The number of phenolic OH excluding ortho intramolecular Hbond substituents is 1. The highest BCUT2D eigenvalue weighted by molar-refractivity contribution is 5.97. The van der Waals surface area contributed by atoms with Crippen molar-refractivity contribution in [3.8, 4) is 5.75 Å². The fourth-order valence-electron chi connectivity index (χ4n) is 2.03. The normalized spacial score (nSPS) is 10.0. The van der Waals surface area contributed by atoms with Crippen LogP contribution in [0.3, 0.4) is 0 Å². The van der Waals surface area contributed by atoms with E-state index in [0.717, 1.165) is 5.69 Å². The molecule has 22 heavy (non-hydrogen) atoms. The lowest BCUT2D eigenvalue weighted by molar-refractivity contribution is -0.121. The molecular formula is C17H17NO4. The second-order valence-electron chi connectivity index (χ2n) is 4.60. The minimum absolute atomic E-state index is 0.0275. The van der Waals surface area contributed by atoms with Gasteiger partial charge >= 0.3 is 5.97 Å². The lowest BCUT2D eigenvalue weighted by atomic mass is 10.2. The first-order valence-corrected chi connectivity index (χ1v) is 6.93. The van der Waals surface area contributed by atoms with Crippen molar-refractivity contribution < 1.29 is 19.4 Å². The molecule has 2 aromatic carbocycles. The maximum Gasteiger partial charge on any atom is 0.338 e. The van der Waals surface area contributed by atoms with Gasteiger partial charge in [0.15, 0.2) is 6.61 Å². The molecule has 0 heterocycles. The van der Waals surface area contributed by atoms with E-state index in [2.05, 4.69) is 0 Å². The summed E-state index contributed by atoms with van der Waals surface area (Å²) in [6, 6.07) is 15.0. The van der Waals surface area contributed by atoms with Crippen LogP contribution in [0.15, 0.2) is 54.6 Å². The van der Waals surface area contributed by atoms with E-state index < -0.39 is 5.97 Å². The summed E-state index contributed by atoms with van der Waals surface area (Å²) in [4.78, 5) is 25.6. The van der Waals surface area contributed by atoms with Crippen LogP contribution in [0.2, 0.25) is 0 Å². The Kier molecular flexibility index (Phi) is 5.14. The van der Waals surface area contributed by atoms with Crippen LogP contribution in [0.1, 0.15) is 17.3 Å². The number of nitrogens with zero attached hydrogens (tertiary/aromatic N) is 1. The Morgan fingerprint density at radius 2 is 1.82 bits per heavy atom. The number of rotatable bonds is 5. The molecule has 0 saturated carbocycles. The number of aromatic hydroxyl groups is 1. The van der Waals surface area contributed by atoms with Crippen LogP contribution in [0.25, 0.3) is 0 Å². The number of amides is 1. The zero-order chi connectivity index (χ0) is 15.9. The van der Waals surface area contributed by atoms with Crippen molar-refractivity contribution in [1.29, 1.82) is 0 Å². The van der Waals surface area contributed by atoms with Crippen molar-refractivity contribution in [3.63, 3.8) is 0 Å². The molecule has 0 aliphatic heterocycles. The van der Waals surface area contributed by atoms with E-state index in [0.29, 0.717) is 6.54 Å². The summed E-state index contributed by atoms with van der Waals surface area (Å²) in [5.41, 5.74) is 0.957. The Hall–Kier alpha value is -2.82. The minimum Gasteiger partial charge on any atom is -0.508 e. The molecule has 0 atom stereocenters. The zero-order valence-electron chi connectivity index (χ0n) is 12.2. The average Bonchev–Trinajstić information content (AvgIpc) is 2.54. The van der Waals surface area contributed by atoms with Crippen LogP contribution >= 0.6 is 0 Å². The lowest BCUT2D eigenvalue weighted by Crippen LogP contribution is -2.34. The molecular weight excluding hydrogens is 282 g/mol. The van der Waals surface area contributed by atoms with E-state index in [9.17, 15) is 14.7 Å². The number of hydrogen-bond acceptors (Lipinski definition) is 4. The second kappa shape index (κ2) is 7.26. The molecule has 0 radical (unpaired) electrons. The third-order valence-corrected chi connectivity index (χ3v) is 3.09. The number of carbonyl (C=O) groups excluding carboxylic acids is 2. The first-order chi connectivity index (χ1) is 10.6. The van der Waals surface area contributed by atoms with Gasteiger partial charge in [-0.25, -0.2) is 4.79 Å². The summed E-state index contributed by atoms with van der Waals surface area (Å²) >= 11 is 0. The fourth-order valence-corrected chi connectivity index (χ4v) is 2.03. The number of ether oxygens (including phenoxy) is 1. The standard InChI is InChI=1S/C17H17NO4/c1-2-18(14-8-4-3-5-9-14)16(20)12-22-17(21)13-7-6-10-15(19)11-13/h3-11,19H,2,12H2,1H3. The maximum atomic E-state index is 12.2. The molecule has 0 aromatic heterocycles. The van der Waals surface area contributed by atoms with E-state index in [1.807, 2.05) is 37.3 Å². The molecule has 0 fully saturated rings. The van der Waals surface area contributed by atoms with E-state index in [1.54, 1.807) is 0 Å². The average molecular weight is 299 g/mol. The summed E-state index contributed by atoms with van der Waals surface area (Å²) in [6.07, 6.45) is 0. The van der Waals surface area contributed by atoms with Gasteiger partial charge in [-0.2, -0.15) is 0 Å². The van der Waals surface area contributed by atoms with E-state index >= 15 is 0 Å². The molecule has 0 unspecified atom stereocenters. The zero-order valence-corrected chi connectivity index (χ0v) is 12.2. The van der Waals surface area contributed by atoms with Gasteiger partial charge in [-0.15, -0.1) is 0 Å². The third-order valence-electron chi connectivity index (χ3n) is 3.09. The van der Waals surface area contributed by atoms with Crippen molar-refractivity contribution in [1.82, 2.24) is 0 Å². The van der Waals surface area contributed by atoms with E-state index in [4.69, 9.17) is 4.74 Å². The van der Waals surface area contributed by atoms with Gasteiger partial charge in [-0.1, -0.05) is 24.3 Å². The van der Waals surface area contributed by atoms with Gasteiger partial charge in [-0.05, 0) is 37.3 Å². The second-order valence-corrected chi connectivity index (χ2v) is 4.60. The highest BCUT2D eigenvalue weighted by Gasteiger charge is 2.16. The van der Waals surface area contributed by atoms with Crippen LogP contribution < -0.4 is 4.90 Å². The Morgan fingerprint density at radius 3 is 2.45 bits per heavy atom. The number of para-hydroxylation sites is 1. The van der Waals surface area contributed by atoms with Gasteiger partial charge < -0.3 is 14.7 Å². The summed E-state index contributed by atoms with van der Waals surface area (Å²) in [7, 11) is 0. The van der Waals surface area contributed by atoms with Crippen LogP contribution in [0, 0.1) is 0 Å². The van der Waals surface area contributed by atoms with Crippen LogP contribution in [0.4, 0.5) is 5.69 Å². The Balaban J connectivity index is 1.98. The summed E-state index contributed by atoms with van der Waals surface area (Å²) < 4.78 is 5.01. The molecule has 0 bridgehead atoms. The van der Waals surface area contributed by atoms with Crippen LogP contribution in [0.5, 0.6) is 5.75 Å². The summed E-state index contributed by atoms with van der Waals surface area (Å²) in [5, 5.41) is 9.33. The predicted molar refractivity (Wildman–Crippen MR) is 82.9 cm³/mol. The monoisotopic (exact) mass is 299 g/mol. The molecule has 1 amide bonds. The highest BCUT2D eigenvalue weighted by atomic mass is 16.5. The van der Waals surface area contributed by atoms with Gasteiger partial charge in [0.2, 0.25) is 0 Å². The Bertz CT molecular complexity index is 655. The SMILES string of the molecule is CCN(C(=O)COC(=O)c1cccc(O)c1)c1ccccc1. The highest BCUT2D eigenvalue weighted by Crippen LogP contribution is 2.14. The Labute approximate surface area is 128 Å². The van der Waals surface area contributed by atoms with Crippen molar-refractivity contribution in [2.45, 2.75) is 6.92 Å². The topological polar surface area (TPSA) is 66.8 Å². The summed E-state index contributed by atoms with van der Waals surface area (Å²) in [5.74, 6) is -0.976. The molecule has 0 aliphatic carbocycles. The molecule has 2 aromatic rings. The first kappa shape index (κ1) is 15.6. The number of hydrogen-bond donors (Lipinski definition) is 1. The number of anilines is 1. The number of phenols is 1. The number of likely N-dealkylation sites (N-methyl/N-ethyl adjacent to an activating group) is 1. The molecule has 114 valence electrons. The first-order valence-electron chi connectivity index (χ1n) is 6.93. The van der Waals surface area contributed by atoms with E-state index in [1.165, 1.54) is 29.2 Å². The summed E-state index contributed by atoms with van der Waals surface area (Å²) in [6.45, 7) is 1.98. The van der Waals surface area contributed by atoms with Crippen LogP contribution in [-0.4, -0.2) is 30.1 Å². The smallest absolute Gasteiger partial charge is 0.338 e. The number of carbonyl (C=O) groups is 2. The molecule has 2 rings (SSSR count). The number of benzene rings is 2. The van der Waals surface area contributed by atoms with Gasteiger partial charge in [0, 0.05) is 12.2 Å². The quantitative estimate of drug-likeness (QED) is 0.862. The molecule has 0 saturated heterocycles. The van der Waals surface area contributed by atoms with Crippen molar-refractivity contribution in [3.05, 3.63) is 60.2 Å². The minimum atomic E-state index is -0.645. The fraction of sp³-hybridized carbons (Fsp3) is 0.176. The van der Waals surface area contributed by atoms with Gasteiger partial charge in [0.05, 0.1) is 5.56 Å². The maximum absolute atomic E-state index is 12.2. The van der Waals surface area contributed by atoms with E-state index in [-0.39, 0.29) is 23.8 Å². The Morgan fingerprint density at radius 1 is 1.09 bits per heavy atom. The lowest BCUT2D eigenvalue weighted by Gasteiger charge is -2.20. The van der Waals surface area contributed by atoms with Gasteiger partial charge in [-0.3, -0.25) is 4.79 Å². The molecule has 0 spiro atoms. The largest absolute Gasteiger partial charge is 0.508 e. The van der Waals surface area contributed by atoms with Crippen molar-refractivity contribution in [2.24, 2.45) is 0 Å². The van der Waals surface area contributed by atoms with Gasteiger partial charge in [0.1, 0.15) is 5.75 Å². The number of esters is 1. The van der Waals surface area contributed by atoms with Crippen LogP contribution in [-0.2, 0) is 9.53 Å². The predicted octanol–water partition coefficient (Wildman–Crippen LogP) is 2.60. The molecule has 5 heteroatoms. The molecule has 5 nitrogen and oxygen atoms in total.